The molecule has 5 rings (SSSR count). The van der Waals surface area contributed by atoms with Gasteiger partial charge in [-0.05, 0) is 12.0 Å². The van der Waals surface area contributed by atoms with E-state index in [1.807, 2.05) is 6.07 Å². The van der Waals surface area contributed by atoms with Crippen LogP contribution in [0.25, 0.3) is 0 Å². The Balaban J connectivity index is 1.84. The van der Waals surface area contributed by atoms with Crippen molar-refractivity contribution in [2.24, 2.45) is 5.92 Å². The summed E-state index contributed by atoms with van der Waals surface area (Å²) in [4.78, 5) is 0. The van der Waals surface area contributed by atoms with Gasteiger partial charge in [-0.2, -0.15) is 5.10 Å². The minimum absolute atomic E-state index is 0.414. The fraction of sp³-hybridized carbons (Fsp3) is 0.714. The maximum Gasteiger partial charge on any atom is 0.247 e. The van der Waals surface area contributed by atoms with Gasteiger partial charge in [0.2, 0.25) is 5.82 Å². The molecule has 4 aliphatic heterocycles. The average Bonchev–Trinajstić information content (AvgIpc) is 2.90. The minimum Gasteiger partial charge on any atom is -0.311 e. The maximum atomic E-state index is 4.48. The minimum atomic E-state index is 0.414. The second-order valence-electron chi connectivity index (χ2n) is 6.30. The van der Waals surface area contributed by atoms with Crippen LogP contribution in [0.15, 0.2) is 18.3 Å². The zero-order valence-electron chi connectivity index (χ0n) is 10.8. The van der Waals surface area contributed by atoms with Crippen molar-refractivity contribution in [3.05, 3.63) is 18.3 Å². The molecule has 5 heterocycles. The molecule has 4 saturated heterocycles. The van der Waals surface area contributed by atoms with Crippen molar-refractivity contribution in [3.63, 3.8) is 0 Å². The van der Waals surface area contributed by atoms with E-state index in [4.69, 9.17) is 0 Å². The van der Waals surface area contributed by atoms with Crippen molar-refractivity contribution in [1.82, 2.24) is 20.0 Å². The highest BCUT2D eigenvalue weighted by Crippen LogP contribution is 2.50. The average molecular weight is 245 g/mol. The lowest BCUT2D eigenvalue weighted by Gasteiger charge is -2.58. The van der Waals surface area contributed by atoms with Crippen LogP contribution in [0.2, 0.25) is 0 Å². The second kappa shape index (κ2) is 3.75. The first-order chi connectivity index (χ1) is 8.85. The number of aromatic nitrogens is 2. The number of hydrogen-bond donors (Lipinski definition) is 1. The lowest BCUT2D eigenvalue weighted by atomic mass is 9.71. The number of rotatable bonds is 1. The van der Waals surface area contributed by atoms with Crippen molar-refractivity contribution in [2.75, 3.05) is 26.2 Å². The molecule has 18 heavy (non-hydrogen) atoms. The van der Waals surface area contributed by atoms with E-state index < -0.39 is 0 Å². The molecule has 1 spiro atoms. The molecule has 4 aliphatic rings. The molecule has 4 fully saturated rings. The zero-order valence-corrected chi connectivity index (χ0v) is 10.8. The van der Waals surface area contributed by atoms with Crippen LogP contribution in [0, 0.1) is 5.92 Å². The summed E-state index contributed by atoms with van der Waals surface area (Å²) in [7, 11) is 0. The second-order valence-corrected chi connectivity index (χ2v) is 6.30. The predicted octanol–water partition coefficient (Wildman–Crippen LogP) is 1.33. The Bertz CT molecular complexity index is 430. The van der Waals surface area contributed by atoms with Crippen LogP contribution < -0.4 is 9.80 Å². The predicted molar refractivity (Wildman–Crippen MR) is 71.1 cm³/mol. The Kier molecular flexibility index (Phi) is 2.26. The van der Waals surface area contributed by atoms with Crippen molar-refractivity contribution in [3.8, 4) is 0 Å². The van der Waals surface area contributed by atoms with E-state index in [1.54, 1.807) is 6.20 Å². The van der Waals surface area contributed by atoms with Gasteiger partial charge in [-0.1, -0.05) is 5.10 Å². The Morgan fingerprint density at radius 2 is 2.22 bits per heavy atom. The van der Waals surface area contributed by atoms with E-state index in [9.17, 15) is 0 Å². The Hall–Kier alpha value is -1.00. The van der Waals surface area contributed by atoms with E-state index in [0.717, 1.165) is 10.4 Å². The fourth-order valence-corrected chi connectivity index (χ4v) is 4.72. The van der Waals surface area contributed by atoms with Crippen LogP contribution in [0.1, 0.15) is 25.7 Å². The van der Waals surface area contributed by atoms with Crippen LogP contribution in [0.4, 0.5) is 5.82 Å². The summed E-state index contributed by atoms with van der Waals surface area (Å²) in [5.41, 5.74) is 0.414. The van der Waals surface area contributed by atoms with Gasteiger partial charge in [0.25, 0.3) is 0 Å². The first-order valence-corrected chi connectivity index (χ1v) is 7.21. The third kappa shape index (κ3) is 1.28. The van der Waals surface area contributed by atoms with E-state index in [-0.39, 0.29) is 0 Å². The lowest BCUT2D eigenvalue weighted by Crippen LogP contribution is -2.74. The van der Waals surface area contributed by atoms with Gasteiger partial charge in [-0.15, -0.1) is 0 Å². The molecule has 1 unspecified atom stereocenters. The number of nitrogens with one attached hydrogen (secondary N) is 1. The lowest BCUT2D eigenvalue weighted by molar-refractivity contribution is -0.0137. The summed E-state index contributed by atoms with van der Waals surface area (Å²) in [5.74, 6) is 2.17. The summed E-state index contributed by atoms with van der Waals surface area (Å²) >= 11 is 0. The third-order valence-corrected chi connectivity index (χ3v) is 5.63. The highest BCUT2D eigenvalue weighted by molar-refractivity contribution is 5.39. The summed E-state index contributed by atoms with van der Waals surface area (Å²) in [6.45, 7) is 4.88. The number of fused-ring (bicyclic) bond motifs is 2. The largest absolute Gasteiger partial charge is 0.311 e. The van der Waals surface area contributed by atoms with Crippen LogP contribution in [-0.4, -0.2) is 41.9 Å². The molecule has 1 atom stereocenters. The number of hydrogen-bond acceptors (Lipinski definition) is 3. The van der Waals surface area contributed by atoms with Crippen molar-refractivity contribution < 1.29 is 0 Å². The maximum absolute atomic E-state index is 4.48. The summed E-state index contributed by atoms with van der Waals surface area (Å²) < 4.78 is 1.10. The number of quaternary nitrogens is 1. The zero-order chi connectivity index (χ0) is 12.1. The first kappa shape index (κ1) is 10.9. The quantitative estimate of drug-likeness (QED) is 0.759. The van der Waals surface area contributed by atoms with Gasteiger partial charge in [0, 0.05) is 38.3 Å². The van der Waals surface area contributed by atoms with Gasteiger partial charge in [-0.3, -0.25) is 4.48 Å². The van der Waals surface area contributed by atoms with Gasteiger partial charge >= 0.3 is 0 Å². The topological polar surface area (TPSA) is 37.8 Å². The summed E-state index contributed by atoms with van der Waals surface area (Å²) in [5, 5.41) is 12.2. The molecule has 0 amide bonds. The number of piperidine rings is 3. The molecular formula is C14H21N4+. The Morgan fingerprint density at radius 3 is 2.89 bits per heavy atom. The summed E-state index contributed by atoms with van der Waals surface area (Å²) in [6, 6.07) is 4.24. The highest BCUT2D eigenvalue weighted by atomic mass is 15.5. The van der Waals surface area contributed by atoms with Crippen LogP contribution in [0.3, 0.4) is 0 Å². The van der Waals surface area contributed by atoms with Gasteiger partial charge in [0.05, 0.1) is 25.8 Å². The monoisotopic (exact) mass is 245 g/mol. The third-order valence-electron chi connectivity index (χ3n) is 5.63. The number of nitrogens with zero attached hydrogens (tertiary/aromatic N) is 3. The van der Waals surface area contributed by atoms with Crippen LogP contribution in [0.5, 0.6) is 0 Å². The van der Waals surface area contributed by atoms with Crippen LogP contribution in [-0.2, 0) is 0 Å². The Morgan fingerprint density at radius 1 is 1.33 bits per heavy atom. The molecule has 4 nitrogen and oxygen atoms in total. The molecule has 96 valence electrons. The van der Waals surface area contributed by atoms with Gasteiger partial charge < -0.3 is 5.32 Å². The molecule has 4 heteroatoms. The van der Waals surface area contributed by atoms with E-state index >= 15 is 0 Å². The van der Waals surface area contributed by atoms with Gasteiger partial charge in [-0.25, -0.2) is 0 Å². The Labute approximate surface area is 108 Å². The van der Waals surface area contributed by atoms with E-state index in [0.29, 0.717) is 5.54 Å². The molecule has 1 aromatic rings. The van der Waals surface area contributed by atoms with Crippen molar-refractivity contribution in [2.45, 2.75) is 31.2 Å². The molecule has 0 saturated carbocycles. The molecular weight excluding hydrogens is 224 g/mol. The fourth-order valence-electron chi connectivity index (χ4n) is 4.72. The highest BCUT2D eigenvalue weighted by Gasteiger charge is 2.61. The summed E-state index contributed by atoms with van der Waals surface area (Å²) in [6.07, 6.45) is 7.23. The SMILES string of the molecule is c1cnnc([N+]23CCC(CC2)CC32CCNC2)c1. The van der Waals surface area contributed by atoms with E-state index in [2.05, 4.69) is 21.6 Å². The molecule has 1 aromatic heterocycles. The normalized spacial score (nSPS) is 42.6. The molecule has 1 N–H and O–H groups in total. The molecule has 2 bridgehead atoms. The van der Waals surface area contributed by atoms with Crippen molar-refractivity contribution >= 4 is 5.82 Å². The molecule has 0 aliphatic carbocycles. The van der Waals surface area contributed by atoms with Crippen molar-refractivity contribution in [1.29, 1.82) is 0 Å². The van der Waals surface area contributed by atoms with Crippen LogP contribution >= 0.6 is 0 Å². The molecule has 0 aromatic carbocycles. The van der Waals surface area contributed by atoms with Gasteiger partial charge in [0.15, 0.2) is 0 Å². The van der Waals surface area contributed by atoms with E-state index in [1.165, 1.54) is 57.7 Å². The standard InChI is InChI=1S/C14H21N4/c1-2-13(17-16-6-1)18-8-3-12(4-9-18)10-14(18)5-7-15-11-14/h1-2,6,12,15H,3-5,7-11H2/q+1. The molecule has 0 radical (unpaired) electrons. The smallest absolute Gasteiger partial charge is 0.247 e. The van der Waals surface area contributed by atoms with Gasteiger partial charge in [0.1, 0.15) is 5.54 Å². The first-order valence-electron chi connectivity index (χ1n) is 7.21.